The minimum absolute atomic E-state index is 0.0900. The number of hydrogen-bond acceptors (Lipinski definition) is 5. The van der Waals surface area contributed by atoms with Crippen LogP contribution in [0.4, 0.5) is 10.2 Å². The molecule has 0 aliphatic rings. The lowest BCUT2D eigenvalue weighted by atomic mass is 9.99. The van der Waals surface area contributed by atoms with Crippen LogP contribution in [0.5, 0.6) is 0 Å². The molecule has 1 aromatic carbocycles. The maximum Gasteiger partial charge on any atom is 0.343 e. The van der Waals surface area contributed by atoms with Crippen molar-refractivity contribution in [2.75, 3.05) is 12.3 Å². The topological polar surface area (TPSA) is 82.5 Å². The Morgan fingerprint density at radius 1 is 1.32 bits per heavy atom. The number of esters is 1. The Morgan fingerprint density at radius 2 is 2.00 bits per heavy atom. The first-order valence-corrected chi connectivity index (χ1v) is 8.04. The van der Waals surface area contributed by atoms with Crippen LogP contribution < -0.4 is 5.73 Å². The molecule has 0 saturated heterocycles. The van der Waals surface area contributed by atoms with Crippen LogP contribution in [0.25, 0.3) is 16.8 Å². The number of anilines is 1. The van der Waals surface area contributed by atoms with E-state index in [1.165, 1.54) is 22.8 Å². The molecule has 0 spiro atoms. The number of nitrogens with zero attached hydrogens (tertiary/aromatic N) is 3. The van der Waals surface area contributed by atoms with Crippen molar-refractivity contribution >= 4 is 17.4 Å². The first-order chi connectivity index (χ1) is 11.9. The third kappa shape index (κ3) is 2.93. The first kappa shape index (κ1) is 16.9. The fourth-order valence-corrected chi connectivity index (χ4v) is 2.68. The van der Waals surface area contributed by atoms with Crippen molar-refractivity contribution in [1.82, 2.24) is 14.6 Å². The number of ether oxygens (including phenoxy) is 1. The molecule has 0 bridgehead atoms. The molecule has 25 heavy (non-hydrogen) atoms. The number of rotatable bonds is 4. The summed E-state index contributed by atoms with van der Waals surface area (Å²) in [5, 5.41) is 4.54. The number of fused-ring (bicyclic) bond motifs is 1. The third-order valence-electron chi connectivity index (χ3n) is 3.88. The summed E-state index contributed by atoms with van der Waals surface area (Å²) in [6, 6.07) is 6.13. The van der Waals surface area contributed by atoms with Gasteiger partial charge >= 0.3 is 5.97 Å². The highest BCUT2D eigenvalue weighted by Gasteiger charge is 2.22. The van der Waals surface area contributed by atoms with Crippen molar-refractivity contribution in [1.29, 1.82) is 0 Å². The highest BCUT2D eigenvalue weighted by atomic mass is 19.1. The smallest absolute Gasteiger partial charge is 0.343 e. The lowest BCUT2D eigenvalue weighted by molar-refractivity contribution is 0.0526. The maximum absolute atomic E-state index is 13.3. The highest BCUT2D eigenvalue weighted by Crippen LogP contribution is 2.33. The summed E-state index contributed by atoms with van der Waals surface area (Å²) in [5.41, 5.74) is 9.15. The van der Waals surface area contributed by atoms with Gasteiger partial charge in [0.05, 0.1) is 17.9 Å². The summed E-state index contributed by atoms with van der Waals surface area (Å²) in [4.78, 5) is 16.4. The monoisotopic (exact) mass is 342 g/mol. The minimum atomic E-state index is -0.542. The van der Waals surface area contributed by atoms with Crippen LogP contribution in [-0.2, 0) is 4.74 Å². The van der Waals surface area contributed by atoms with E-state index in [1.54, 1.807) is 19.1 Å². The maximum atomic E-state index is 13.3. The number of aromatic nitrogens is 3. The molecular formula is C18H19FN4O2. The van der Waals surface area contributed by atoms with Crippen LogP contribution >= 0.6 is 0 Å². The van der Waals surface area contributed by atoms with E-state index < -0.39 is 5.97 Å². The molecule has 0 amide bonds. The number of nitrogens with two attached hydrogens (primary N) is 1. The van der Waals surface area contributed by atoms with Gasteiger partial charge < -0.3 is 10.5 Å². The molecule has 0 unspecified atom stereocenters. The van der Waals surface area contributed by atoms with Gasteiger partial charge in [0.25, 0.3) is 0 Å². The molecule has 130 valence electrons. The summed E-state index contributed by atoms with van der Waals surface area (Å²) in [5.74, 6) is -0.603. The molecular weight excluding hydrogens is 323 g/mol. The van der Waals surface area contributed by atoms with Gasteiger partial charge in [-0.15, -0.1) is 0 Å². The number of nitrogen functional groups attached to an aromatic ring is 1. The number of hydrogen-bond donors (Lipinski definition) is 1. The van der Waals surface area contributed by atoms with E-state index >= 15 is 0 Å². The van der Waals surface area contributed by atoms with E-state index in [0.717, 1.165) is 16.8 Å². The van der Waals surface area contributed by atoms with Crippen molar-refractivity contribution in [2.45, 2.75) is 26.7 Å². The Hall–Kier alpha value is -2.96. The van der Waals surface area contributed by atoms with Gasteiger partial charge in [-0.2, -0.15) is 9.61 Å². The van der Waals surface area contributed by atoms with E-state index in [2.05, 4.69) is 10.1 Å². The molecule has 6 nitrogen and oxygen atoms in total. The average molecular weight is 342 g/mol. The van der Waals surface area contributed by atoms with E-state index in [4.69, 9.17) is 10.5 Å². The number of carbonyl (C=O) groups is 1. The molecule has 2 N–H and O–H groups in total. The SMILES string of the molecule is CCOC(=O)c1cnc2c(-c3ccc(F)cc3)c(C(C)C)nn2c1N. The van der Waals surface area contributed by atoms with Gasteiger partial charge in [-0.1, -0.05) is 26.0 Å². The second-order valence-electron chi connectivity index (χ2n) is 5.93. The summed E-state index contributed by atoms with van der Waals surface area (Å²) in [6.07, 6.45) is 1.39. The number of carbonyl (C=O) groups excluding carboxylic acids is 1. The van der Waals surface area contributed by atoms with Gasteiger partial charge in [0, 0.05) is 6.20 Å². The standard InChI is InChI=1S/C18H19FN4O2/c1-4-25-18(24)13-9-21-17-14(11-5-7-12(19)8-6-11)15(10(2)3)22-23(17)16(13)20/h5-10H,4,20H2,1-3H3. The molecule has 2 heterocycles. The fraction of sp³-hybridized carbons (Fsp3) is 0.278. The predicted molar refractivity (Wildman–Crippen MR) is 92.8 cm³/mol. The Kier molecular flexibility index (Phi) is 4.39. The fourth-order valence-electron chi connectivity index (χ4n) is 2.68. The Bertz CT molecular complexity index is 932. The van der Waals surface area contributed by atoms with Gasteiger partial charge in [-0.3, -0.25) is 0 Å². The van der Waals surface area contributed by atoms with E-state index in [0.29, 0.717) is 5.65 Å². The van der Waals surface area contributed by atoms with Crippen molar-refractivity contribution in [3.05, 3.63) is 47.5 Å². The largest absolute Gasteiger partial charge is 0.462 e. The second-order valence-corrected chi connectivity index (χ2v) is 5.93. The molecule has 0 atom stereocenters. The lowest BCUT2D eigenvalue weighted by Gasteiger charge is -2.07. The predicted octanol–water partition coefficient (Wildman–Crippen LogP) is 3.42. The van der Waals surface area contributed by atoms with Crippen LogP contribution in [0.2, 0.25) is 0 Å². The molecule has 0 radical (unpaired) electrons. The van der Waals surface area contributed by atoms with Gasteiger partial charge in [-0.05, 0) is 30.5 Å². The quantitative estimate of drug-likeness (QED) is 0.735. The number of benzene rings is 1. The van der Waals surface area contributed by atoms with E-state index in [-0.39, 0.29) is 29.7 Å². The van der Waals surface area contributed by atoms with E-state index in [9.17, 15) is 9.18 Å². The minimum Gasteiger partial charge on any atom is -0.462 e. The summed E-state index contributed by atoms with van der Waals surface area (Å²) in [6.45, 7) is 5.96. The van der Waals surface area contributed by atoms with Crippen LogP contribution in [0, 0.1) is 5.82 Å². The Labute approximate surface area is 144 Å². The van der Waals surface area contributed by atoms with Crippen molar-refractivity contribution in [3.63, 3.8) is 0 Å². The van der Waals surface area contributed by atoms with Crippen LogP contribution in [0.15, 0.2) is 30.5 Å². The second kappa shape index (κ2) is 6.51. The lowest BCUT2D eigenvalue weighted by Crippen LogP contribution is -2.12. The van der Waals surface area contributed by atoms with Gasteiger partial charge in [-0.25, -0.2) is 14.2 Å². The third-order valence-corrected chi connectivity index (χ3v) is 3.88. The zero-order chi connectivity index (χ0) is 18.1. The van der Waals surface area contributed by atoms with Crippen LogP contribution in [0.1, 0.15) is 42.7 Å². The normalized spacial score (nSPS) is 11.2. The Morgan fingerprint density at radius 3 is 2.60 bits per heavy atom. The van der Waals surface area contributed by atoms with Crippen LogP contribution in [0.3, 0.4) is 0 Å². The number of halogens is 1. The summed E-state index contributed by atoms with van der Waals surface area (Å²) < 4.78 is 19.7. The Balaban J connectivity index is 2.26. The average Bonchev–Trinajstić information content (AvgIpc) is 2.97. The summed E-state index contributed by atoms with van der Waals surface area (Å²) in [7, 11) is 0. The van der Waals surface area contributed by atoms with Gasteiger partial charge in [0.15, 0.2) is 5.65 Å². The molecule has 3 rings (SSSR count). The van der Waals surface area contributed by atoms with Gasteiger partial charge in [0.2, 0.25) is 0 Å². The molecule has 0 saturated carbocycles. The zero-order valence-corrected chi connectivity index (χ0v) is 14.3. The van der Waals surface area contributed by atoms with E-state index in [1.807, 2.05) is 13.8 Å². The molecule has 0 aliphatic carbocycles. The zero-order valence-electron chi connectivity index (χ0n) is 14.3. The van der Waals surface area contributed by atoms with Crippen molar-refractivity contribution < 1.29 is 13.9 Å². The molecule has 3 aromatic rings. The molecule has 0 fully saturated rings. The summed E-state index contributed by atoms with van der Waals surface area (Å²) >= 11 is 0. The molecule has 2 aromatic heterocycles. The molecule has 0 aliphatic heterocycles. The highest BCUT2D eigenvalue weighted by molar-refractivity contribution is 5.95. The van der Waals surface area contributed by atoms with Crippen molar-refractivity contribution in [3.8, 4) is 11.1 Å². The van der Waals surface area contributed by atoms with Gasteiger partial charge in [0.1, 0.15) is 17.2 Å². The van der Waals surface area contributed by atoms with Crippen LogP contribution in [-0.4, -0.2) is 27.2 Å². The first-order valence-electron chi connectivity index (χ1n) is 8.04. The molecule has 7 heteroatoms. The van der Waals surface area contributed by atoms with Crippen molar-refractivity contribution in [2.24, 2.45) is 0 Å².